The molecule has 3 heterocycles. The molecule has 0 radical (unpaired) electrons. The molecule has 15 nitrogen and oxygen atoms in total. The number of esters is 2. The molecular formula is C30H31ClN6O9S. The van der Waals surface area contributed by atoms with Gasteiger partial charge < -0.3 is 34.9 Å². The van der Waals surface area contributed by atoms with Crippen LogP contribution in [0, 0.1) is 23.2 Å². The quantitative estimate of drug-likeness (QED) is 0.151. The minimum atomic E-state index is -1.32. The van der Waals surface area contributed by atoms with E-state index in [0.717, 1.165) is 6.42 Å². The first kappa shape index (κ1) is 33.6. The number of hydrogen-bond acceptors (Lipinski definition) is 12. The molecule has 5 rings (SSSR count). The van der Waals surface area contributed by atoms with Gasteiger partial charge in [0.2, 0.25) is 11.7 Å². The Hall–Kier alpha value is -4.75. The Kier molecular flexibility index (Phi) is 9.96. The molecule has 17 heteroatoms. The summed E-state index contributed by atoms with van der Waals surface area (Å²) in [5, 5.41) is 24.0. The van der Waals surface area contributed by atoms with Crippen molar-refractivity contribution in [1.29, 1.82) is 0 Å². The zero-order valence-electron chi connectivity index (χ0n) is 25.3. The summed E-state index contributed by atoms with van der Waals surface area (Å²) in [6.07, 6.45) is -2.05. The number of carbonyl (C=O) groups is 5. The number of thiophene rings is 1. The van der Waals surface area contributed by atoms with Crippen LogP contribution in [-0.2, 0) is 33.4 Å². The van der Waals surface area contributed by atoms with Crippen LogP contribution >= 0.6 is 22.9 Å². The second kappa shape index (κ2) is 13.9. The van der Waals surface area contributed by atoms with Gasteiger partial charge in [-0.3, -0.25) is 24.0 Å². The van der Waals surface area contributed by atoms with Gasteiger partial charge in [0, 0.05) is 19.5 Å². The Morgan fingerprint density at radius 1 is 1.06 bits per heavy atom. The molecule has 3 aromatic heterocycles. The van der Waals surface area contributed by atoms with Gasteiger partial charge in [0.05, 0.1) is 52.7 Å². The van der Waals surface area contributed by atoms with Crippen LogP contribution in [0.25, 0.3) is 11.2 Å². The number of amides is 1. The summed E-state index contributed by atoms with van der Waals surface area (Å²) in [6.45, 7) is 2.55. The molecule has 0 aromatic carbocycles. The number of ether oxygens (including phenoxy) is 2. The topological polar surface area (TPSA) is 212 Å². The first-order chi connectivity index (χ1) is 22.5. The molecule has 2 saturated carbocycles. The van der Waals surface area contributed by atoms with Crippen LogP contribution in [0.2, 0.25) is 4.34 Å². The van der Waals surface area contributed by atoms with Crippen molar-refractivity contribution in [2.45, 2.75) is 63.7 Å². The molecular weight excluding hydrogens is 656 g/mol. The summed E-state index contributed by atoms with van der Waals surface area (Å²) in [5.41, 5.74) is -0.629. The van der Waals surface area contributed by atoms with Gasteiger partial charge in [-0.25, -0.2) is 15.0 Å². The highest BCUT2D eigenvalue weighted by atomic mass is 35.5. The molecule has 47 heavy (non-hydrogen) atoms. The van der Waals surface area contributed by atoms with Crippen LogP contribution in [0.5, 0.6) is 0 Å². The number of fused-ring (bicyclic) bond motifs is 2. The third-order valence-corrected chi connectivity index (χ3v) is 9.18. The zero-order valence-corrected chi connectivity index (χ0v) is 26.9. The largest absolute Gasteiger partial charge is 0.481 e. The fourth-order valence-electron chi connectivity index (χ4n) is 5.92. The number of carbonyl (C=O) groups excluding carboxylic acids is 3. The highest BCUT2D eigenvalue weighted by molar-refractivity contribution is 7.16. The Morgan fingerprint density at radius 2 is 1.77 bits per heavy atom. The Balaban J connectivity index is 1.60. The van der Waals surface area contributed by atoms with Crippen molar-refractivity contribution in [3.05, 3.63) is 33.5 Å². The van der Waals surface area contributed by atoms with E-state index in [1.54, 1.807) is 16.7 Å². The molecule has 0 unspecified atom stereocenters. The molecule has 248 valence electrons. The maximum absolute atomic E-state index is 13.4. The number of carboxylic acid groups (broad SMARTS) is 2. The second-order valence-electron chi connectivity index (χ2n) is 11.1. The number of aliphatic carboxylic acids is 2. The number of imidazole rings is 1. The highest BCUT2D eigenvalue weighted by Gasteiger charge is 2.78. The summed E-state index contributed by atoms with van der Waals surface area (Å²) in [4.78, 5) is 76.0. The van der Waals surface area contributed by atoms with Crippen molar-refractivity contribution < 1.29 is 43.7 Å². The van der Waals surface area contributed by atoms with Crippen molar-refractivity contribution in [2.24, 2.45) is 11.3 Å². The predicted molar refractivity (Wildman–Crippen MR) is 167 cm³/mol. The number of rotatable bonds is 13. The van der Waals surface area contributed by atoms with Crippen LogP contribution in [-0.4, -0.2) is 85.3 Å². The first-order valence-corrected chi connectivity index (χ1v) is 16.0. The van der Waals surface area contributed by atoms with Gasteiger partial charge in [0.1, 0.15) is 0 Å². The third kappa shape index (κ3) is 7.00. The molecule has 0 bridgehead atoms. The molecule has 1 amide bonds. The highest BCUT2D eigenvalue weighted by Crippen LogP contribution is 2.69. The number of aromatic nitrogens is 4. The standard InChI is InChI=1S/C30H31ClN6O9S/c1-3-12-33-27-23-28(36-18(35-27)7-5-15-4-6-17(31)47-15)37(14-34-23)24-16-13-30(16,29(44)32-2)26(46-22(43)11-9-20(40)41)25(24)45-21(42)10-8-19(38)39/h4,6,14,16,24-26H,3,8-13H2,1-2H3,(H,32,44)(H,38,39)(H,40,41)(H,33,35,36)/t16-,24-,25+,26+,30+/m1/s1. The van der Waals surface area contributed by atoms with Gasteiger partial charge >= 0.3 is 23.9 Å². The molecule has 5 atom stereocenters. The molecule has 4 N–H and O–H groups in total. The van der Waals surface area contributed by atoms with Crippen LogP contribution in [0.15, 0.2) is 18.5 Å². The lowest BCUT2D eigenvalue weighted by Gasteiger charge is -2.31. The van der Waals surface area contributed by atoms with Gasteiger partial charge in [0.15, 0.2) is 29.2 Å². The van der Waals surface area contributed by atoms with Gasteiger partial charge in [-0.1, -0.05) is 18.5 Å². The molecule has 3 aromatic rings. The van der Waals surface area contributed by atoms with E-state index in [2.05, 4.69) is 37.4 Å². The van der Waals surface area contributed by atoms with Gasteiger partial charge in [-0.05, 0) is 36.8 Å². The van der Waals surface area contributed by atoms with E-state index in [4.69, 9.17) is 31.3 Å². The molecule has 2 fully saturated rings. The number of anilines is 1. The smallest absolute Gasteiger partial charge is 0.306 e. The van der Waals surface area contributed by atoms with Crippen LogP contribution < -0.4 is 10.6 Å². The maximum atomic E-state index is 13.4. The lowest BCUT2D eigenvalue weighted by atomic mass is 9.97. The minimum Gasteiger partial charge on any atom is -0.481 e. The average molecular weight is 687 g/mol. The number of carboxylic acids is 2. The van der Waals surface area contributed by atoms with E-state index in [1.165, 1.54) is 24.7 Å². The van der Waals surface area contributed by atoms with Crippen molar-refractivity contribution in [3.63, 3.8) is 0 Å². The number of halogens is 1. The van der Waals surface area contributed by atoms with E-state index < -0.39 is 85.1 Å². The molecule has 0 aliphatic heterocycles. The fraction of sp³-hybridized carbons (Fsp3) is 0.467. The molecule has 2 aliphatic rings. The van der Waals surface area contributed by atoms with Crippen LogP contribution in [0.4, 0.5) is 5.82 Å². The summed E-state index contributed by atoms with van der Waals surface area (Å²) < 4.78 is 13.8. The van der Waals surface area contributed by atoms with E-state index in [9.17, 15) is 24.0 Å². The zero-order chi connectivity index (χ0) is 33.9. The van der Waals surface area contributed by atoms with Crippen LogP contribution in [0.3, 0.4) is 0 Å². The van der Waals surface area contributed by atoms with E-state index in [-0.39, 0.29) is 12.2 Å². The lowest BCUT2D eigenvalue weighted by molar-refractivity contribution is -0.175. The van der Waals surface area contributed by atoms with Crippen molar-refractivity contribution >= 4 is 69.7 Å². The Morgan fingerprint density at radius 3 is 2.38 bits per heavy atom. The van der Waals surface area contributed by atoms with Gasteiger partial charge in [0.25, 0.3) is 0 Å². The fourth-order valence-corrected chi connectivity index (χ4v) is 6.82. The Bertz CT molecular complexity index is 1800. The summed E-state index contributed by atoms with van der Waals surface area (Å²) in [7, 11) is 1.42. The first-order valence-electron chi connectivity index (χ1n) is 14.8. The minimum absolute atomic E-state index is 0.153. The lowest BCUT2D eigenvalue weighted by Crippen LogP contribution is -2.46. The monoisotopic (exact) mass is 686 g/mol. The van der Waals surface area contributed by atoms with Crippen molar-refractivity contribution in [3.8, 4) is 11.8 Å². The normalized spacial score (nSPS) is 22.4. The third-order valence-electron chi connectivity index (χ3n) is 8.03. The molecule has 2 aliphatic carbocycles. The summed E-state index contributed by atoms with van der Waals surface area (Å²) in [6, 6.07) is 2.65. The van der Waals surface area contributed by atoms with E-state index in [0.29, 0.717) is 32.7 Å². The Labute approximate surface area is 277 Å². The van der Waals surface area contributed by atoms with Gasteiger partial charge in [-0.15, -0.1) is 11.3 Å². The van der Waals surface area contributed by atoms with Crippen molar-refractivity contribution in [2.75, 3.05) is 18.9 Å². The summed E-state index contributed by atoms with van der Waals surface area (Å²) in [5.74, 6) is 1.31. The van der Waals surface area contributed by atoms with Crippen LogP contribution in [0.1, 0.15) is 62.2 Å². The number of nitrogens with one attached hydrogen (secondary N) is 2. The molecule has 0 saturated heterocycles. The predicted octanol–water partition coefficient (Wildman–Crippen LogP) is 2.62. The maximum Gasteiger partial charge on any atom is 0.306 e. The molecule has 0 spiro atoms. The van der Waals surface area contributed by atoms with E-state index >= 15 is 0 Å². The van der Waals surface area contributed by atoms with Crippen molar-refractivity contribution in [1.82, 2.24) is 24.8 Å². The van der Waals surface area contributed by atoms with E-state index in [1.807, 2.05) is 6.92 Å². The summed E-state index contributed by atoms with van der Waals surface area (Å²) >= 11 is 7.34. The second-order valence-corrected chi connectivity index (χ2v) is 12.8. The average Bonchev–Trinajstić information content (AvgIpc) is 3.26. The van der Waals surface area contributed by atoms with Gasteiger partial charge in [-0.2, -0.15) is 0 Å². The number of nitrogens with zero attached hydrogens (tertiary/aromatic N) is 4. The SMILES string of the molecule is CCCNc1nc(C#Cc2ccc(Cl)s2)nc2c1ncn2[C@H]1[C@H](OC(=O)CCC(=O)O)[C@H](OC(=O)CCC(=O)O)[C@]2(C(=O)NC)C[C@H]12. The number of hydrogen-bond donors (Lipinski definition) is 4.